The zero-order valence-corrected chi connectivity index (χ0v) is 14.8. The maximum absolute atomic E-state index is 12.5. The fraction of sp³-hybridized carbons (Fsp3) is 0.211. The van der Waals surface area contributed by atoms with E-state index in [-0.39, 0.29) is 11.2 Å². The van der Waals surface area contributed by atoms with Gasteiger partial charge < -0.3 is 15.5 Å². The highest BCUT2D eigenvalue weighted by molar-refractivity contribution is 6.28. The van der Waals surface area contributed by atoms with Gasteiger partial charge in [0.25, 0.3) is 5.91 Å². The molecule has 2 aromatic carbocycles. The number of anilines is 2. The number of carbonyl (C=O) groups is 1. The summed E-state index contributed by atoms with van der Waals surface area (Å²) in [4.78, 5) is 22.9. The van der Waals surface area contributed by atoms with E-state index in [9.17, 15) is 4.79 Å². The minimum Gasteiger partial charge on any atom is -0.340 e. The standard InChI is InChI=1S/C19H18ClN5O/c20-19-23-16-4-2-1-3-15(16)17(24-19)22-14-7-5-13(6-8-14)18(26)25-11-9-21-10-12-25/h1-8,21H,9-12H2,(H,22,23,24). The summed E-state index contributed by atoms with van der Waals surface area (Å²) >= 11 is 6.03. The number of halogens is 1. The number of carbonyl (C=O) groups excluding carboxylic acids is 1. The molecule has 1 amide bonds. The minimum atomic E-state index is 0.0635. The van der Waals surface area contributed by atoms with Crippen molar-refractivity contribution in [2.24, 2.45) is 0 Å². The van der Waals surface area contributed by atoms with E-state index in [1.165, 1.54) is 0 Å². The van der Waals surface area contributed by atoms with Gasteiger partial charge in [0.2, 0.25) is 5.28 Å². The molecule has 0 atom stereocenters. The lowest BCUT2D eigenvalue weighted by atomic mass is 10.1. The quantitative estimate of drug-likeness (QED) is 0.696. The highest BCUT2D eigenvalue weighted by Crippen LogP contribution is 2.25. The Morgan fingerprint density at radius 1 is 1.04 bits per heavy atom. The topological polar surface area (TPSA) is 70.2 Å². The van der Waals surface area contributed by atoms with Crippen molar-refractivity contribution in [3.63, 3.8) is 0 Å². The summed E-state index contributed by atoms with van der Waals surface area (Å²) in [6.07, 6.45) is 0. The van der Waals surface area contributed by atoms with E-state index in [0.717, 1.165) is 42.8 Å². The van der Waals surface area contributed by atoms with Crippen molar-refractivity contribution in [2.75, 3.05) is 31.5 Å². The van der Waals surface area contributed by atoms with E-state index in [1.54, 1.807) is 0 Å². The molecule has 0 unspecified atom stereocenters. The van der Waals surface area contributed by atoms with Crippen molar-refractivity contribution in [2.45, 2.75) is 0 Å². The number of fused-ring (bicyclic) bond motifs is 1. The van der Waals surface area contributed by atoms with Crippen LogP contribution in [0.2, 0.25) is 5.28 Å². The first-order valence-electron chi connectivity index (χ1n) is 8.50. The van der Waals surface area contributed by atoms with Crippen molar-refractivity contribution in [3.8, 4) is 0 Å². The molecule has 6 nitrogen and oxygen atoms in total. The molecular formula is C19H18ClN5O. The van der Waals surface area contributed by atoms with E-state index in [4.69, 9.17) is 11.6 Å². The van der Waals surface area contributed by atoms with Crippen LogP contribution in [0.3, 0.4) is 0 Å². The van der Waals surface area contributed by atoms with Gasteiger partial charge >= 0.3 is 0 Å². The SMILES string of the molecule is O=C(c1ccc(Nc2nc(Cl)nc3ccccc23)cc1)N1CCNCC1. The summed E-state index contributed by atoms with van der Waals surface area (Å²) in [5.41, 5.74) is 2.30. The number of amides is 1. The van der Waals surface area contributed by atoms with Gasteiger partial charge in [0.1, 0.15) is 5.82 Å². The van der Waals surface area contributed by atoms with Crippen LogP contribution in [0.5, 0.6) is 0 Å². The normalized spacial score (nSPS) is 14.4. The summed E-state index contributed by atoms with van der Waals surface area (Å²) in [5, 5.41) is 7.59. The van der Waals surface area contributed by atoms with Gasteiger partial charge in [-0.25, -0.2) is 4.98 Å². The number of nitrogens with zero attached hydrogens (tertiary/aromatic N) is 3. The third-order valence-corrected chi connectivity index (χ3v) is 4.54. The first-order chi connectivity index (χ1) is 12.7. The Kier molecular flexibility index (Phi) is 4.69. The van der Waals surface area contributed by atoms with E-state index in [0.29, 0.717) is 11.4 Å². The van der Waals surface area contributed by atoms with Gasteiger partial charge in [0.05, 0.1) is 5.52 Å². The summed E-state index contributed by atoms with van der Waals surface area (Å²) in [7, 11) is 0. The molecule has 2 N–H and O–H groups in total. The maximum atomic E-state index is 12.5. The molecule has 7 heteroatoms. The number of para-hydroxylation sites is 1. The summed E-state index contributed by atoms with van der Waals surface area (Å²) in [6, 6.07) is 15.1. The predicted octanol–water partition coefficient (Wildman–Crippen LogP) is 3.07. The molecule has 1 aliphatic heterocycles. The molecule has 26 heavy (non-hydrogen) atoms. The molecule has 1 saturated heterocycles. The lowest BCUT2D eigenvalue weighted by Gasteiger charge is -2.27. The largest absolute Gasteiger partial charge is 0.340 e. The van der Waals surface area contributed by atoms with Crippen LogP contribution in [0.15, 0.2) is 48.5 Å². The third kappa shape index (κ3) is 3.47. The minimum absolute atomic E-state index is 0.0635. The number of rotatable bonds is 3. The molecule has 4 rings (SSSR count). The van der Waals surface area contributed by atoms with Gasteiger partial charge in [-0.15, -0.1) is 0 Å². The van der Waals surface area contributed by atoms with Crippen LogP contribution in [0, 0.1) is 0 Å². The van der Waals surface area contributed by atoms with Crippen molar-refractivity contribution in [3.05, 3.63) is 59.4 Å². The summed E-state index contributed by atoms with van der Waals surface area (Å²) in [5.74, 6) is 0.704. The van der Waals surface area contributed by atoms with Gasteiger partial charge in [-0.1, -0.05) is 12.1 Å². The van der Waals surface area contributed by atoms with Crippen LogP contribution >= 0.6 is 11.6 Å². The molecule has 0 aliphatic carbocycles. The number of benzene rings is 2. The van der Waals surface area contributed by atoms with Crippen molar-refractivity contribution in [1.29, 1.82) is 0 Å². The van der Waals surface area contributed by atoms with E-state index in [1.807, 2.05) is 53.4 Å². The molecule has 0 spiro atoms. The van der Waals surface area contributed by atoms with E-state index in [2.05, 4.69) is 20.6 Å². The number of aromatic nitrogens is 2. The second-order valence-corrected chi connectivity index (χ2v) is 6.44. The monoisotopic (exact) mass is 367 g/mol. The molecular weight excluding hydrogens is 350 g/mol. The van der Waals surface area contributed by atoms with E-state index >= 15 is 0 Å². The highest BCUT2D eigenvalue weighted by Gasteiger charge is 2.17. The lowest BCUT2D eigenvalue weighted by Crippen LogP contribution is -2.46. The lowest BCUT2D eigenvalue weighted by molar-refractivity contribution is 0.0736. The van der Waals surface area contributed by atoms with Crippen LogP contribution in [0.1, 0.15) is 10.4 Å². The first-order valence-corrected chi connectivity index (χ1v) is 8.88. The average molecular weight is 368 g/mol. The van der Waals surface area contributed by atoms with Gasteiger partial charge in [-0.05, 0) is 48.0 Å². The number of piperazine rings is 1. The Balaban J connectivity index is 1.55. The highest BCUT2D eigenvalue weighted by atomic mass is 35.5. The van der Waals surface area contributed by atoms with Crippen LogP contribution in [-0.2, 0) is 0 Å². The third-order valence-electron chi connectivity index (χ3n) is 4.37. The molecule has 132 valence electrons. The van der Waals surface area contributed by atoms with Gasteiger partial charge in [0, 0.05) is 42.8 Å². The number of hydrogen-bond acceptors (Lipinski definition) is 5. The van der Waals surface area contributed by atoms with Gasteiger partial charge in [-0.2, -0.15) is 4.98 Å². The fourth-order valence-corrected chi connectivity index (χ4v) is 3.20. The predicted molar refractivity (Wildman–Crippen MR) is 103 cm³/mol. The Labute approximate surface area is 156 Å². The Morgan fingerprint density at radius 3 is 2.54 bits per heavy atom. The molecule has 0 radical (unpaired) electrons. The van der Waals surface area contributed by atoms with Crippen LogP contribution in [0.4, 0.5) is 11.5 Å². The fourth-order valence-electron chi connectivity index (χ4n) is 3.03. The van der Waals surface area contributed by atoms with Crippen LogP contribution in [0.25, 0.3) is 10.9 Å². The average Bonchev–Trinajstić information content (AvgIpc) is 2.68. The van der Waals surface area contributed by atoms with E-state index < -0.39 is 0 Å². The second kappa shape index (κ2) is 7.27. The van der Waals surface area contributed by atoms with Crippen molar-refractivity contribution in [1.82, 2.24) is 20.2 Å². The summed E-state index contributed by atoms with van der Waals surface area (Å²) in [6.45, 7) is 3.16. The first kappa shape index (κ1) is 16.8. The molecule has 1 aromatic heterocycles. The zero-order valence-electron chi connectivity index (χ0n) is 14.1. The molecule has 1 aliphatic rings. The van der Waals surface area contributed by atoms with Gasteiger partial charge in [0.15, 0.2) is 0 Å². The molecule has 0 bridgehead atoms. The van der Waals surface area contributed by atoms with Crippen molar-refractivity contribution < 1.29 is 4.79 Å². The molecule has 2 heterocycles. The molecule has 0 saturated carbocycles. The molecule has 3 aromatic rings. The Hall–Kier alpha value is -2.70. The van der Waals surface area contributed by atoms with Crippen LogP contribution < -0.4 is 10.6 Å². The van der Waals surface area contributed by atoms with Gasteiger partial charge in [-0.3, -0.25) is 4.79 Å². The van der Waals surface area contributed by atoms with Crippen LogP contribution in [-0.4, -0.2) is 47.0 Å². The summed E-state index contributed by atoms with van der Waals surface area (Å²) < 4.78 is 0. The van der Waals surface area contributed by atoms with Crippen molar-refractivity contribution >= 4 is 39.9 Å². The molecule has 1 fully saturated rings. The second-order valence-electron chi connectivity index (χ2n) is 6.10. The zero-order chi connectivity index (χ0) is 17.9. The number of hydrogen-bond donors (Lipinski definition) is 2. The Bertz CT molecular complexity index is 938. The smallest absolute Gasteiger partial charge is 0.253 e. The number of nitrogens with one attached hydrogen (secondary N) is 2. The maximum Gasteiger partial charge on any atom is 0.253 e. The Morgan fingerprint density at radius 2 is 1.77 bits per heavy atom.